The summed E-state index contributed by atoms with van der Waals surface area (Å²) < 4.78 is 5.64. The minimum Gasteiger partial charge on any atom is -0.493 e. The molecule has 1 rings (SSSR count). The van der Waals surface area contributed by atoms with Crippen LogP contribution in [-0.4, -0.2) is 13.2 Å². The van der Waals surface area contributed by atoms with Gasteiger partial charge in [-0.15, -0.1) is 0 Å². The van der Waals surface area contributed by atoms with Crippen molar-refractivity contribution >= 4 is 11.6 Å². The van der Waals surface area contributed by atoms with E-state index in [4.69, 9.17) is 22.1 Å². The maximum Gasteiger partial charge on any atom is 0.119 e. The van der Waals surface area contributed by atoms with Crippen LogP contribution in [0.25, 0.3) is 0 Å². The average Bonchev–Trinajstić information content (AvgIpc) is 2.22. The molecular formula is C12H18ClNO. The van der Waals surface area contributed by atoms with E-state index >= 15 is 0 Å². The molecule has 0 spiro atoms. The van der Waals surface area contributed by atoms with E-state index in [9.17, 15) is 0 Å². The number of hydrogen-bond acceptors (Lipinski definition) is 2. The lowest BCUT2D eigenvalue weighted by Gasteiger charge is -2.13. The predicted octanol–water partition coefficient (Wildman–Crippen LogP) is 2.93. The molecule has 0 aliphatic carbocycles. The van der Waals surface area contributed by atoms with E-state index in [-0.39, 0.29) is 0 Å². The first kappa shape index (κ1) is 12.3. The number of halogens is 1. The quantitative estimate of drug-likeness (QED) is 0.859. The molecule has 1 unspecified atom stereocenters. The van der Waals surface area contributed by atoms with Crippen LogP contribution in [0.3, 0.4) is 0 Å². The van der Waals surface area contributed by atoms with E-state index < -0.39 is 0 Å². The molecule has 0 saturated carbocycles. The van der Waals surface area contributed by atoms with Crippen LogP contribution in [0.5, 0.6) is 5.75 Å². The van der Waals surface area contributed by atoms with Gasteiger partial charge in [0.05, 0.1) is 6.61 Å². The Balaban J connectivity index is 2.70. The van der Waals surface area contributed by atoms with Crippen LogP contribution in [0.15, 0.2) is 12.1 Å². The average molecular weight is 228 g/mol. The van der Waals surface area contributed by atoms with E-state index in [2.05, 4.69) is 6.92 Å². The second-order valence-electron chi connectivity index (χ2n) is 4.02. The lowest BCUT2D eigenvalue weighted by atomic mass is 10.1. The molecule has 0 radical (unpaired) electrons. The molecule has 0 aliphatic heterocycles. The number of aryl methyl sites for hydroxylation is 2. The third-order valence-electron chi connectivity index (χ3n) is 2.35. The molecule has 0 saturated heterocycles. The molecule has 1 aromatic carbocycles. The fraction of sp³-hybridized carbons (Fsp3) is 0.500. The fourth-order valence-electron chi connectivity index (χ4n) is 1.30. The highest BCUT2D eigenvalue weighted by molar-refractivity contribution is 6.32. The van der Waals surface area contributed by atoms with Crippen LogP contribution in [0.4, 0.5) is 0 Å². The molecule has 2 N–H and O–H groups in total. The van der Waals surface area contributed by atoms with Crippen molar-refractivity contribution in [3.8, 4) is 5.75 Å². The van der Waals surface area contributed by atoms with Gasteiger partial charge in [0.1, 0.15) is 5.75 Å². The summed E-state index contributed by atoms with van der Waals surface area (Å²) in [5, 5.41) is 0.814. The largest absolute Gasteiger partial charge is 0.493 e. The van der Waals surface area contributed by atoms with Gasteiger partial charge in [0.25, 0.3) is 0 Å². The molecule has 1 aromatic rings. The van der Waals surface area contributed by atoms with Crippen molar-refractivity contribution in [1.82, 2.24) is 0 Å². The second-order valence-corrected chi connectivity index (χ2v) is 4.40. The molecule has 0 aliphatic rings. The first-order valence-electron chi connectivity index (χ1n) is 5.14. The first-order valence-corrected chi connectivity index (χ1v) is 5.52. The van der Waals surface area contributed by atoms with E-state index in [0.717, 1.165) is 21.9 Å². The van der Waals surface area contributed by atoms with Gasteiger partial charge in [-0.2, -0.15) is 0 Å². The number of nitrogens with two attached hydrogens (primary N) is 1. The highest BCUT2D eigenvalue weighted by Crippen LogP contribution is 2.25. The smallest absolute Gasteiger partial charge is 0.119 e. The van der Waals surface area contributed by atoms with Crippen LogP contribution in [0.1, 0.15) is 18.1 Å². The Labute approximate surface area is 96.4 Å². The van der Waals surface area contributed by atoms with E-state index in [1.807, 2.05) is 26.0 Å². The van der Waals surface area contributed by atoms with Crippen molar-refractivity contribution in [2.45, 2.75) is 20.8 Å². The summed E-state index contributed by atoms with van der Waals surface area (Å²) in [6, 6.07) is 3.91. The van der Waals surface area contributed by atoms with Crippen molar-refractivity contribution in [3.63, 3.8) is 0 Å². The van der Waals surface area contributed by atoms with Gasteiger partial charge in [0.15, 0.2) is 0 Å². The van der Waals surface area contributed by atoms with E-state index in [0.29, 0.717) is 19.1 Å². The summed E-state index contributed by atoms with van der Waals surface area (Å²) in [7, 11) is 0. The molecular weight excluding hydrogens is 210 g/mol. The minimum atomic E-state index is 0.376. The van der Waals surface area contributed by atoms with Gasteiger partial charge in [0, 0.05) is 10.9 Å². The molecule has 0 fully saturated rings. The van der Waals surface area contributed by atoms with Gasteiger partial charge >= 0.3 is 0 Å². The zero-order valence-electron chi connectivity index (χ0n) is 9.51. The van der Waals surface area contributed by atoms with E-state index in [1.54, 1.807) is 0 Å². The van der Waals surface area contributed by atoms with Gasteiger partial charge in [-0.3, -0.25) is 0 Å². The second kappa shape index (κ2) is 5.38. The minimum absolute atomic E-state index is 0.376. The van der Waals surface area contributed by atoms with Crippen molar-refractivity contribution in [3.05, 3.63) is 28.3 Å². The van der Waals surface area contributed by atoms with Crippen molar-refractivity contribution in [2.75, 3.05) is 13.2 Å². The Hall–Kier alpha value is -0.730. The summed E-state index contributed by atoms with van der Waals surface area (Å²) in [5.74, 6) is 1.25. The zero-order valence-corrected chi connectivity index (χ0v) is 10.3. The number of rotatable bonds is 4. The Bertz CT molecular complexity index is 315. The zero-order chi connectivity index (χ0) is 11.4. The highest BCUT2D eigenvalue weighted by atomic mass is 35.5. The molecule has 84 valence electrons. The SMILES string of the molecule is Cc1cc(OCC(C)CN)cc(C)c1Cl. The standard InChI is InChI=1S/C12H18ClNO/c1-8(6-14)7-15-11-4-9(2)12(13)10(3)5-11/h4-5,8H,6-7,14H2,1-3H3. The summed E-state index contributed by atoms with van der Waals surface area (Å²) in [6.07, 6.45) is 0. The van der Waals surface area contributed by atoms with Crippen molar-refractivity contribution in [2.24, 2.45) is 11.7 Å². The number of ether oxygens (including phenoxy) is 1. The maximum atomic E-state index is 6.06. The molecule has 0 aromatic heterocycles. The summed E-state index contributed by atoms with van der Waals surface area (Å²) >= 11 is 6.06. The normalized spacial score (nSPS) is 12.6. The van der Waals surface area contributed by atoms with Crippen LogP contribution in [0, 0.1) is 19.8 Å². The molecule has 0 heterocycles. The van der Waals surface area contributed by atoms with Crippen LogP contribution in [0.2, 0.25) is 5.02 Å². The molecule has 2 nitrogen and oxygen atoms in total. The number of benzene rings is 1. The monoisotopic (exact) mass is 227 g/mol. The fourth-order valence-corrected chi connectivity index (χ4v) is 1.41. The molecule has 15 heavy (non-hydrogen) atoms. The van der Waals surface area contributed by atoms with Gasteiger partial charge in [-0.1, -0.05) is 18.5 Å². The highest BCUT2D eigenvalue weighted by Gasteiger charge is 2.05. The van der Waals surface area contributed by atoms with Crippen LogP contribution < -0.4 is 10.5 Å². The Morgan fingerprint density at radius 1 is 1.33 bits per heavy atom. The third-order valence-corrected chi connectivity index (χ3v) is 2.94. The van der Waals surface area contributed by atoms with Gasteiger partial charge in [-0.25, -0.2) is 0 Å². The Morgan fingerprint density at radius 2 is 1.87 bits per heavy atom. The molecule has 0 amide bonds. The van der Waals surface area contributed by atoms with Crippen LogP contribution in [-0.2, 0) is 0 Å². The molecule has 0 bridgehead atoms. The molecule has 1 atom stereocenters. The predicted molar refractivity (Wildman–Crippen MR) is 64.6 cm³/mol. The number of hydrogen-bond donors (Lipinski definition) is 1. The van der Waals surface area contributed by atoms with E-state index in [1.165, 1.54) is 0 Å². The summed E-state index contributed by atoms with van der Waals surface area (Å²) in [4.78, 5) is 0. The first-order chi connectivity index (χ1) is 7.04. The lowest BCUT2D eigenvalue weighted by Crippen LogP contribution is -2.18. The Morgan fingerprint density at radius 3 is 2.33 bits per heavy atom. The van der Waals surface area contributed by atoms with Crippen molar-refractivity contribution in [1.29, 1.82) is 0 Å². The van der Waals surface area contributed by atoms with Crippen molar-refractivity contribution < 1.29 is 4.74 Å². The maximum absolute atomic E-state index is 6.06. The summed E-state index contributed by atoms with van der Waals surface area (Å²) in [5.41, 5.74) is 7.62. The lowest BCUT2D eigenvalue weighted by molar-refractivity contribution is 0.263. The van der Waals surface area contributed by atoms with Crippen LogP contribution >= 0.6 is 11.6 Å². The van der Waals surface area contributed by atoms with Gasteiger partial charge in [0.2, 0.25) is 0 Å². The van der Waals surface area contributed by atoms with Gasteiger partial charge < -0.3 is 10.5 Å². The third kappa shape index (κ3) is 3.40. The van der Waals surface area contributed by atoms with Gasteiger partial charge in [-0.05, 0) is 43.7 Å². The molecule has 3 heteroatoms. The summed E-state index contributed by atoms with van der Waals surface area (Å²) in [6.45, 7) is 7.32. The Kier molecular flexibility index (Phi) is 4.43. The topological polar surface area (TPSA) is 35.2 Å².